The molecule has 0 saturated heterocycles. The van der Waals surface area contributed by atoms with Crippen LogP contribution in [0, 0.1) is 0 Å². The van der Waals surface area contributed by atoms with Gasteiger partial charge in [-0.05, 0) is 25.7 Å². The first-order chi connectivity index (χ1) is 17.6. The summed E-state index contributed by atoms with van der Waals surface area (Å²) in [6.07, 6.45) is -2.37. The molecule has 18 heteroatoms. The number of carboxylic acids is 3. The first kappa shape index (κ1) is 33.5. The van der Waals surface area contributed by atoms with Crippen LogP contribution in [0.2, 0.25) is 0 Å². The zero-order chi connectivity index (χ0) is 29.4. The van der Waals surface area contributed by atoms with E-state index in [0.717, 1.165) is 0 Å². The summed E-state index contributed by atoms with van der Waals surface area (Å²) in [5.41, 5.74) is 21.3. The van der Waals surface area contributed by atoms with Gasteiger partial charge < -0.3 is 54.2 Å². The fourth-order valence-electron chi connectivity index (χ4n) is 2.94. The second-order valence-electron chi connectivity index (χ2n) is 8.11. The average Bonchev–Trinajstić information content (AvgIpc) is 2.80. The summed E-state index contributed by atoms with van der Waals surface area (Å²) in [7, 11) is 0. The molecule has 0 radical (unpaired) electrons. The number of aliphatic carboxylic acids is 3. The number of aliphatic imine (C=N–C) groups is 1. The Labute approximate surface area is 216 Å². The van der Waals surface area contributed by atoms with E-state index in [1.165, 1.54) is 0 Å². The molecule has 214 valence electrons. The molecular formula is C20H34N8O10. The predicted octanol–water partition coefficient (Wildman–Crippen LogP) is -4.49. The minimum atomic E-state index is -1.81. The number of carboxylic acid groups (broad SMARTS) is 3. The monoisotopic (exact) mass is 546 g/mol. The Balaban J connectivity index is 5.52. The smallest absolute Gasteiger partial charge is 0.326 e. The maximum absolute atomic E-state index is 12.8. The lowest BCUT2D eigenvalue weighted by atomic mass is 10.1. The van der Waals surface area contributed by atoms with Crippen LogP contribution in [-0.2, 0) is 33.6 Å². The number of hydrogen-bond acceptors (Lipinski definition) is 9. The topological polar surface area (TPSA) is 333 Å². The molecule has 0 aliphatic rings. The number of carbonyl (C=O) groups excluding carboxylic acids is 4. The van der Waals surface area contributed by atoms with Crippen molar-refractivity contribution in [3.63, 3.8) is 0 Å². The minimum absolute atomic E-state index is 0.115. The van der Waals surface area contributed by atoms with E-state index in [1.54, 1.807) is 0 Å². The van der Waals surface area contributed by atoms with E-state index in [4.69, 9.17) is 33.1 Å². The van der Waals surface area contributed by atoms with E-state index in [0.29, 0.717) is 6.42 Å². The van der Waals surface area contributed by atoms with Crippen LogP contribution in [-0.4, -0.2) is 93.5 Å². The largest absolute Gasteiger partial charge is 0.481 e. The molecule has 38 heavy (non-hydrogen) atoms. The zero-order valence-corrected chi connectivity index (χ0v) is 20.4. The standard InChI is InChI=1S/C20H34N8O10/c21-9(2-1-7-25-20(23)24)16(34)26-10(3-5-13(22)29)17(35)28-12(8-15(32)33)18(36)27-11(19(37)38)4-6-14(30)31/h9-12H,1-8,21H2,(H2,22,29)(H,26,34)(H,27,36)(H,28,35)(H,30,31)(H,32,33)(H,37,38)(H4,23,24,25). The Hall–Kier alpha value is -4.48. The summed E-state index contributed by atoms with van der Waals surface area (Å²) in [4.78, 5) is 86.2. The van der Waals surface area contributed by atoms with E-state index in [9.17, 15) is 38.7 Å². The number of nitrogens with zero attached hydrogens (tertiary/aromatic N) is 1. The number of primary amides is 1. The van der Waals surface area contributed by atoms with Crippen molar-refractivity contribution in [1.82, 2.24) is 16.0 Å². The molecule has 0 rings (SSSR count). The van der Waals surface area contributed by atoms with Crippen molar-refractivity contribution in [2.24, 2.45) is 27.9 Å². The van der Waals surface area contributed by atoms with Gasteiger partial charge in [0, 0.05) is 19.4 Å². The van der Waals surface area contributed by atoms with Gasteiger partial charge in [-0.3, -0.25) is 33.8 Å². The third kappa shape index (κ3) is 14.8. The van der Waals surface area contributed by atoms with Crippen LogP contribution < -0.4 is 38.9 Å². The van der Waals surface area contributed by atoms with Crippen LogP contribution in [0.15, 0.2) is 4.99 Å². The molecule has 0 aromatic heterocycles. The number of hydrogen-bond donors (Lipinski definition) is 10. The van der Waals surface area contributed by atoms with Crippen molar-refractivity contribution in [3.05, 3.63) is 0 Å². The lowest BCUT2D eigenvalue weighted by molar-refractivity contribution is -0.144. The molecule has 0 aromatic rings. The number of rotatable bonds is 19. The van der Waals surface area contributed by atoms with E-state index in [2.05, 4.69) is 15.6 Å². The SMILES string of the molecule is NC(=O)CCC(NC(=O)C(N)CCCN=C(N)N)C(=O)NC(CC(=O)O)C(=O)NC(CCC(=O)O)C(=O)O. The van der Waals surface area contributed by atoms with Crippen LogP contribution in [0.3, 0.4) is 0 Å². The lowest BCUT2D eigenvalue weighted by Gasteiger charge is -2.24. The quantitative estimate of drug-likeness (QED) is 0.0415. The third-order valence-electron chi connectivity index (χ3n) is 4.89. The van der Waals surface area contributed by atoms with Gasteiger partial charge in [0.2, 0.25) is 23.6 Å². The second kappa shape index (κ2) is 17.1. The van der Waals surface area contributed by atoms with Gasteiger partial charge in [0.25, 0.3) is 0 Å². The maximum Gasteiger partial charge on any atom is 0.326 e. The van der Waals surface area contributed by atoms with E-state index >= 15 is 0 Å². The van der Waals surface area contributed by atoms with E-state index < -0.39 is 85.0 Å². The van der Waals surface area contributed by atoms with Gasteiger partial charge >= 0.3 is 17.9 Å². The van der Waals surface area contributed by atoms with Gasteiger partial charge in [0.15, 0.2) is 5.96 Å². The third-order valence-corrected chi connectivity index (χ3v) is 4.89. The Morgan fingerprint density at radius 1 is 0.684 bits per heavy atom. The molecular weight excluding hydrogens is 512 g/mol. The highest BCUT2D eigenvalue weighted by Crippen LogP contribution is 2.05. The van der Waals surface area contributed by atoms with Crippen LogP contribution in [0.4, 0.5) is 0 Å². The average molecular weight is 547 g/mol. The Morgan fingerprint density at radius 2 is 1.21 bits per heavy atom. The maximum atomic E-state index is 12.8. The predicted molar refractivity (Wildman–Crippen MR) is 129 cm³/mol. The Kier molecular flexibility index (Phi) is 15.0. The van der Waals surface area contributed by atoms with Gasteiger partial charge in [-0.15, -0.1) is 0 Å². The van der Waals surface area contributed by atoms with Crippen molar-refractivity contribution in [2.45, 2.75) is 69.1 Å². The summed E-state index contributed by atoms with van der Waals surface area (Å²) >= 11 is 0. The number of guanidine groups is 1. The molecule has 0 aromatic carbocycles. The van der Waals surface area contributed by atoms with Crippen molar-refractivity contribution in [3.8, 4) is 0 Å². The van der Waals surface area contributed by atoms with Crippen molar-refractivity contribution in [2.75, 3.05) is 6.54 Å². The number of nitrogens with one attached hydrogen (secondary N) is 3. The van der Waals surface area contributed by atoms with Gasteiger partial charge in [-0.2, -0.15) is 0 Å². The van der Waals surface area contributed by atoms with Crippen LogP contribution in [0.25, 0.3) is 0 Å². The highest BCUT2D eigenvalue weighted by molar-refractivity contribution is 5.95. The molecule has 14 N–H and O–H groups in total. The Morgan fingerprint density at radius 3 is 1.71 bits per heavy atom. The molecule has 0 fully saturated rings. The summed E-state index contributed by atoms with van der Waals surface area (Å²) in [6, 6.07) is -6.08. The molecule has 4 atom stereocenters. The first-order valence-corrected chi connectivity index (χ1v) is 11.3. The lowest BCUT2D eigenvalue weighted by Crippen LogP contribution is -2.57. The van der Waals surface area contributed by atoms with Gasteiger partial charge in [0.05, 0.1) is 12.5 Å². The van der Waals surface area contributed by atoms with Gasteiger partial charge in [0.1, 0.15) is 18.1 Å². The van der Waals surface area contributed by atoms with Crippen molar-refractivity contribution >= 4 is 47.5 Å². The Bertz CT molecular complexity index is 921. The zero-order valence-electron chi connectivity index (χ0n) is 20.4. The summed E-state index contributed by atoms with van der Waals surface area (Å²) in [5, 5.41) is 33.5. The van der Waals surface area contributed by atoms with Crippen LogP contribution in [0.1, 0.15) is 44.9 Å². The molecule has 18 nitrogen and oxygen atoms in total. The fraction of sp³-hybridized carbons (Fsp3) is 0.600. The van der Waals surface area contributed by atoms with Crippen molar-refractivity contribution in [1.29, 1.82) is 0 Å². The summed E-state index contributed by atoms with van der Waals surface area (Å²) in [6.45, 7) is 0.185. The molecule has 0 bridgehead atoms. The molecule has 0 aliphatic carbocycles. The molecule has 0 saturated carbocycles. The van der Waals surface area contributed by atoms with Crippen molar-refractivity contribution < 1.29 is 48.9 Å². The van der Waals surface area contributed by atoms with Crippen LogP contribution >= 0.6 is 0 Å². The number of amides is 4. The second-order valence-corrected chi connectivity index (χ2v) is 8.11. The minimum Gasteiger partial charge on any atom is -0.481 e. The van der Waals surface area contributed by atoms with Crippen LogP contribution in [0.5, 0.6) is 0 Å². The van der Waals surface area contributed by atoms with Gasteiger partial charge in [-0.1, -0.05) is 0 Å². The molecule has 4 amide bonds. The molecule has 0 heterocycles. The molecule has 4 unspecified atom stereocenters. The first-order valence-electron chi connectivity index (χ1n) is 11.3. The normalized spacial score (nSPS) is 13.6. The highest BCUT2D eigenvalue weighted by atomic mass is 16.4. The number of carbonyl (C=O) groups is 7. The highest BCUT2D eigenvalue weighted by Gasteiger charge is 2.32. The van der Waals surface area contributed by atoms with E-state index in [1.807, 2.05) is 5.32 Å². The van der Waals surface area contributed by atoms with E-state index in [-0.39, 0.29) is 31.8 Å². The summed E-state index contributed by atoms with van der Waals surface area (Å²) in [5.74, 6) is -8.53. The summed E-state index contributed by atoms with van der Waals surface area (Å²) < 4.78 is 0. The fourth-order valence-corrected chi connectivity index (χ4v) is 2.94. The number of nitrogens with two attached hydrogens (primary N) is 4. The molecule has 0 spiro atoms. The van der Waals surface area contributed by atoms with Gasteiger partial charge in [-0.25, -0.2) is 4.79 Å². The molecule has 0 aliphatic heterocycles.